The van der Waals surface area contributed by atoms with Gasteiger partial charge in [0, 0.05) is 30.7 Å². The highest BCUT2D eigenvalue weighted by atomic mass is 19.1. The lowest BCUT2D eigenvalue weighted by molar-refractivity contribution is 0.102. The smallest absolute Gasteiger partial charge is 0.258 e. The summed E-state index contributed by atoms with van der Waals surface area (Å²) in [5.41, 5.74) is 0.763. The maximum absolute atomic E-state index is 13.2. The van der Waals surface area contributed by atoms with Gasteiger partial charge in [-0.05, 0) is 43.9 Å². The van der Waals surface area contributed by atoms with Gasteiger partial charge >= 0.3 is 0 Å². The Morgan fingerprint density at radius 2 is 2.12 bits per heavy atom. The molecule has 0 bridgehead atoms. The molecule has 0 aliphatic carbocycles. The standard InChI is InChI=1S/C18H21FN4O/c1-2-16-8-3-4-9-23(16)18-20-11-13(12-21-18)17(24)22-15-7-5-6-14(19)10-15/h5-7,10-12,16H,2-4,8-9H2,1H3,(H,22,24). The van der Waals surface area contributed by atoms with E-state index in [-0.39, 0.29) is 5.91 Å². The van der Waals surface area contributed by atoms with Gasteiger partial charge in [-0.2, -0.15) is 0 Å². The Hall–Kier alpha value is -2.50. The Kier molecular flexibility index (Phi) is 5.03. The fourth-order valence-electron chi connectivity index (χ4n) is 3.04. The number of carbonyl (C=O) groups is 1. The van der Waals surface area contributed by atoms with Crippen molar-refractivity contribution in [3.8, 4) is 0 Å². The zero-order chi connectivity index (χ0) is 16.9. The van der Waals surface area contributed by atoms with Crippen LogP contribution in [0.1, 0.15) is 43.0 Å². The molecule has 1 aromatic heterocycles. The maximum atomic E-state index is 13.2. The summed E-state index contributed by atoms with van der Waals surface area (Å²) in [7, 11) is 0. The molecule has 1 unspecified atom stereocenters. The van der Waals surface area contributed by atoms with Crippen LogP contribution < -0.4 is 10.2 Å². The summed E-state index contributed by atoms with van der Waals surface area (Å²) >= 11 is 0. The van der Waals surface area contributed by atoms with E-state index >= 15 is 0 Å². The number of nitrogens with one attached hydrogen (secondary N) is 1. The molecule has 1 saturated heterocycles. The van der Waals surface area contributed by atoms with E-state index in [9.17, 15) is 9.18 Å². The van der Waals surface area contributed by atoms with Crippen LogP contribution in [-0.4, -0.2) is 28.5 Å². The van der Waals surface area contributed by atoms with E-state index in [1.54, 1.807) is 12.1 Å². The third-order valence-corrected chi connectivity index (χ3v) is 4.34. The van der Waals surface area contributed by atoms with Gasteiger partial charge in [-0.15, -0.1) is 0 Å². The summed E-state index contributed by atoms with van der Waals surface area (Å²) in [4.78, 5) is 23.1. The Morgan fingerprint density at radius 3 is 2.83 bits per heavy atom. The molecule has 2 aromatic rings. The van der Waals surface area contributed by atoms with Gasteiger partial charge in [-0.3, -0.25) is 4.79 Å². The highest BCUT2D eigenvalue weighted by Crippen LogP contribution is 2.23. The normalized spacial score (nSPS) is 17.6. The van der Waals surface area contributed by atoms with Crippen molar-refractivity contribution in [2.75, 3.05) is 16.8 Å². The van der Waals surface area contributed by atoms with Gasteiger partial charge in [0.2, 0.25) is 5.95 Å². The molecule has 1 aromatic carbocycles. The summed E-state index contributed by atoms with van der Waals surface area (Å²) in [6.07, 6.45) is 7.65. The van der Waals surface area contributed by atoms with Crippen LogP contribution in [-0.2, 0) is 0 Å². The van der Waals surface area contributed by atoms with Crippen molar-refractivity contribution in [2.24, 2.45) is 0 Å². The first kappa shape index (κ1) is 16.4. The van der Waals surface area contributed by atoms with E-state index in [1.165, 1.54) is 30.9 Å². The lowest BCUT2D eigenvalue weighted by Crippen LogP contribution is -2.40. The van der Waals surface area contributed by atoms with Crippen LogP contribution in [0.4, 0.5) is 16.0 Å². The van der Waals surface area contributed by atoms with Crippen LogP contribution in [0, 0.1) is 5.82 Å². The topological polar surface area (TPSA) is 58.1 Å². The largest absolute Gasteiger partial charge is 0.338 e. The van der Waals surface area contributed by atoms with Crippen LogP contribution in [0.25, 0.3) is 0 Å². The second-order valence-electron chi connectivity index (χ2n) is 5.99. The number of hydrogen-bond acceptors (Lipinski definition) is 4. The number of aromatic nitrogens is 2. The van der Waals surface area contributed by atoms with Gasteiger partial charge in [0.25, 0.3) is 5.91 Å². The number of nitrogens with zero attached hydrogens (tertiary/aromatic N) is 3. The van der Waals surface area contributed by atoms with Crippen LogP contribution >= 0.6 is 0 Å². The predicted molar refractivity (Wildman–Crippen MR) is 91.7 cm³/mol. The number of benzene rings is 1. The van der Waals surface area contributed by atoms with E-state index in [4.69, 9.17) is 0 Å². The second-order valence-corrected chi connectivity index (χ2v) is 5.99. The highest BCUT2D eigenvalue weighted by Gasteiger charge is 2.23. The minimum absolute atomic E-state index is 0.349. The molecule has 0 radical (unpaired) electrons. The zero-order valence-electron chi connectivity index (χ0n) is 13.7. The van der Waals surface area contributed by atoms with Crippen LogP contribution in [0.2, 0.25) is 0 Å². The second kappa shape index (κ2) is 7.38. The van der Waals surface area contributed by atoms with E-state index < -0.39 is 5.82 Å². The average molecular weight is 328 g/mol. The molecule has 3 rings (SSSR count). The molecule has 5 nitrogen and oxygen atoms in total. The molecule has 0 spiro atoms. The monoisotopic (exact) mass is 328 g/mol. The number of amides is 1. The molecule has 6 heteroatoms. The summed E-state index contributed by atoms with van der Waals surface area (Å²) in [5, 5.41) is 2.65. The van der Waals surface area contributed by atoms with Crippen LogP contribution in [0.5, 0.6) is 0 Å². The molecule has 1 aliphatic heterocycles. The first-order chi connectivity index (χ1) is 11.7. The Labute approximate surface area is 140 Å². The van der Waals surface area contributed by atoms with Crippen LogP contribution in [0.3, 0.4) is 0 Å². The third-order valence-electron chi connectivity index (χ3n) is 4.34. The van der Waals surface area contributed by atoms with Gasteiger partial charge in [0.1, 0.15) is 5.82 Å². The number of piperidine rings is 1. The molecule has 1 amide bonds. The van der Waals surface area contributed by atoms with E-state index in [0.29, 0.717) is 23.2 Å². The molecule has 1 N–H and O–H groups in total. The number of hydrogen-bond donors (Lipinski definition) is 1. The minimum Gasteiger partial charge on any atom is -0.338 e. The van der Waals surface area contributed by atoms with Gasteiger partial charge in [0.15, 0.2) is 0 Å². The number of rotatable bonds is 4. The van der Waals surface area contributed by atoms with Gasteiger partial charge in [-0.1, -0.05) is 13.0 Å². The molecule has 0 saturated carbocycles. The predicted octanol–water partition coefficient (Wildman–Crippen LogP) is 3.64. The SMILES string of the molecule is CCC1CCCCN1c1ncc(C(=O)Nc2cccc(F)c2)cn1. The molecule has 2 heterocycles. The minimum atomic E-state index is -0.393. The maximum Gasteiger partial charge on any atom is 0.258 e. The zero-order valence-corrected chi connectivity index (χ0v) is 13.7. The molecule has 1 fully saturated rings. The third kappa shape index (κ3) is 3.69. The van der Waals surface area contributed by atoms with Crippen molar-refractivity contribution in [2.45, 2.75) is 38.6 Å². The van der Waals surface area contributed by atoms with Crippen molar-refractivity contribution in [1.29, 1.82) is 0 Å². The first-order valence-electron chi connectivity index (χ1n) is 8.33. The quantitative estimate of drug-likeness (QED) is 0.931. The molecule has 1 atom stereocenters. The summed E-state index contributed by atoms with van der Waals surface area (Å²) in [5.74, 6) is -0.0724. The van der Waals surface area contributed by atoms with Crippen molar-refractivity contribution in [1.82, 2.24) is 9.97 Å². The van der Waals surface area contributed by atoms with Gasteiger partial charge < -0.3 is 10.2 Å². The summed E-state index contributed by atoms with van der Waals surface area (Å²) < 4.78 is 13.2. The Balaban J connectivity index is 1.70. The first-order valence-corrected chi connectivity index (χ1v) is 8.33. The van der Waals surface area contributed by atoms with Gasteiger partial charge in [-0.25, -0.2) is 14.4 Å². The fourth-order valence-corrected chi connectivity index (χ4v) is 3.04. The average Bonchev–Trinajstić information content (AvgIpc) is 2.62. The number of carbonyl (C=O) groups excluding carboxylic acids is 1. The van der Waals surface area contributed by atoms with Crippen LogP contribution in [0.15, 0.2) is 36.7 Å². The lowest BCUT2D eigenvalue weighted by atomic mass is 10.0. The van der Waals surface area contributed by atoms with Crippen molar-refractivity contribution in [3.05, 3.63) is 48.0 Å². The molecule has 1 aliphatic rings. The fraction of sp³-hybridized carbons (Fsp3) is 0.389. The number of halogens is 1. The van der Waals surface area contributed by atoms with E-state index in [0.717, 1.165) is 25.8 Å². The summed E-state index contributed by atoms with van der Waals surface area (Å²) in [6, 6.07) is 6.25. The Morgan fingerprint density at radius 1 is 1.33 bits per heavy atom. The number of anilines is 2. The Bertz CT molecular complexity index is 704. The molecular weight excluding hydrogens is 307 g/mol. The molecular formula is C18H21FN4O. The highest BCUT2D eigenvalue weighted by molar-refractivity contribution is 6.03. The lowest BCUT2D eigenvalue weighted by Gasteiger charge is -2.35. The van der Waals surface area contributed by atoms with Crippen molar-refractivity contribution in [3.63, 3.8) is 0 Å². The van der Waals surface area contributed by atoms with E-state index in [1.807, 2.05) is 0 Å². The van der Waals surface area contributed by atoms with E-state index in [2.05, 4.69) is 27.1 Å². The summed E-state index contributed by atoms with van der Waals surface area (Å²) in [6.45, 7) is 3.12. The van der Waals surface area contributed by atoms with Gasteiger partial charge in [0.05, 0.1) is 5.56 Å². The molecule has 24 heavy (non-hydrogen) atoms. The van der Waals surface area contributed by atoms with Crippen molar-refractivity contribution >= 4 is 17.5 Å². The molecule has 126 valence electrons. The van der Waals surface area contributed by atoms with Crippen molar-refractivity contribution < 1.29 is 9.18 Å².